The molecule has 0 saturated heterocycles. The fourth-order valence-corrected chi connectivity index (χ4v) is 3.07. The summed E-state index contributed by atoms with van der Waals surface area (Å²) in [6, 6.07) is 9.64. The molecule has 0 aliphatic heterocycles. The van der Waals surface area contributed by atoms with E-state index in [0.29, 0.717) is 22.2 Å². The van der Waals surface area contributed by atoms with E-state index in [1.165, 1.54) is 12.1 Å². The topological polar surface area (TPSA) is 82.6 Å². The third-order valence-electron chi connectivity index (χ3n) is 4.30. The van der Waals surface area contributed by atoms with Crippen molar-refractivity contribution < 1.29 is 9.66 Å². The fraction of sp³-hybridized carbons (Fsp3) is 0.250. The van der Waals surface area contributed by atoms with Gasteiger partial charge in [-0.2, -0.15) is 0 Å². The average Bonchev–Trinajstić information content (AvgIpc) is 2.94. The van der Waals surface area contributed by atoms with Gasteiger partial charge in [0.25, 0.3) is 5.69 Å². The molecule has 122 valence electrons. The van der Waals surface area contributed by atoms with Gasteiger partial charge in [0.15, 0.2) is 17.1 Å². The molecule has 7 nitrogen and oxygen atoms in total. The number of nitro benzene ring substituents is 1. The van der Waals surface area contributed by atoms with Gasteiger partial charge in [-0.15, -0.1) is 10.2 Å². The number of benzene rings is 1. The SMILES string of the molecule is O=[N+]([O-])c1ccc(OC2(c3nnc4ccc(Cl)cn34)CCC2)cc1. The van der Waals surface area contributed by atoms with Crippen LogP contribution >= 0.6 is 11.6 Å². The highest BCUT2D eigenvalue weighted by Gasteiger charge is 2.45. The van der Waals surface area contributed by atoms with E-state index >= 15 is 0 Å². The highest BCUT2D eigenvalue weighted by Crippen LogP contribution is 2.44. The molecule has 0 bridgehead atoms. The summed E-state index contributed by atoms with van der Waals surface area (Å²) in [6.45, 7) is 0. The highest BCUT2D eigenvalue weighted by atomic mass is 35.5. The van der Waals surface area contributed by atoms with Gasteiger partial charge in [-0.1, -0.05) is 11.6 Å². The van der Waals surface area contributed by atoms with Crippen molar-refractivity contribution in [3.63, 3.8) is 0 Å². The maximum Gasteiger partial charge on any atom is 0.269 e. The molecule has 1 saturated carbocycles. The molecular weight excluding hydrogens is 332 g/mol. The summed E-state index contributed by atoms with van der Waals surface area (Å²) < 4.78 is 8.02. The van der Waals surface area contributed by atoms with Crippen LogP contribution in [0.5, 0.6) is 5.75 Å². The van der Waals surface area contributed by atoms with E-state index in [0.717, 1.165) is 19.3 Å². The second-order valence-corrected chi connectivity index (χ2v) is 6.24. The molecule has 1 fully saturated rings. The maximum absolute atomic E-state index is 10.8. The first-order valence-corrected chi connectivity index (χ1v) is 7.89. The minimum Gasteiger partial charge on any atom is -0.479 e. The quantitative estimate of drug-likeness (QED) is 0.531. The lowest BCUT2D eigenvalue weighted by Gasteiger charge is -2.40. The lowest BCUT2D eigenvalue weighted by molar-refractivity contribution is -0.384. The van der Waals surface area contributed by atoms with Crippen LogP contribution in [0.3, 0.4) is 0 Å². The number of fused-ring (bicyclic) bond motifs is 1. The monoisotopic (exact) mass is 344 g/mol. The van der Waals surface area contributed by atoms with Crippen molar-refractivity contribution in [3.8, 4) is 5.75 Å². The van der Waals surface area contributed by atoms with E-state index in [4.69, 9.17) is 16.3 Å². The first-order chi connectivity index (χ1) is 11.6. The Morgan fingerprint density at radius 2 is 1.92 bits per heavy atom. The molecule has 0 N–H and O–H groups in total. The smallest absolute Gasteiger partial charge is 0.269 e. The molecule has 2 aromatic heterocycles. The maximum atomic E-state index is 10.8. The number of nitro groups is 1. The number of pyridine rings is 1. The summed E-state index contributed by atoms with van der Waals surface area (Å²) in [5.41, 5.74) is 0.151. The number of rotatable bonds is 4. The van der Waals surface area contributed by atoms with Crippen molar-refractivity contribution >= 4 is 22.9 Å². The van der Waals surface area contributed by atoms with Crippen LogP contribution in [0.15, 0.2) is 42.6 Å². The molecule has 4 rings (SSSR count). The molecule has 0 radical (unpaired) electrons. The van der Waals surface area contributed by atoms with Crippen molar-refractivity contribution in [3.05, 3.63) is 63.6 Å². The number of halogens is 1. The summed E-state index contributed by atoms with van der Waals surface area (Å²) in [6.07, 6.45) is 4.39. The second-order valence-electron chi connectivity index (χ2n) is 5.80. The van der Waals surface area contributed by atoms with E-state index in [9.17, 15) is 10.1 Å². The second kappa shape index (κ2) is 5.45. The van der Waals surface area contributed by atoms with E-state index in [2.05, 4.69) is 10.2 Å². The van der Waals surface area contributed by atoms with Gasteiger partial charge in [-0.25, -0.2) is 0 Å². The van der Waals surface area contributed by atoms with Crippen LogP contribution in [0, 0.1) is 10.1 Å². The number of hydrogen-bond acceptors (Lipinski definition) is 5. The van der Waals surface area contributed by atoms with Crippen molar-refractivity contribution in [1.29, 1.82) is 0 Å². The van der Waals surface area contributed by atoms with Crippen LogP contribution in [-0.2, 0) is 5.60 Å². The van der Waals surface area contributed by atoms with Gasteiger partial charge >= 0.3 is 0 Å². The molecule has 0 amide bonds. The van der Waals surface area contributed by atoms with Gasteiger partial charge in [-0.3, -0.25) is 14.5 Å². The number of nitrogens with zero attached hydrogens (tertiary/aromatic N) is 4. The van der Waals surface area contributed by atoms with Crippen molar-refractivity contribution in [2.45, 2.75) is 24.9 Å². The number of aromatic nitrogens is 3. The zero-order valence-corrected chi connectivity index (χ0v) is 13.3. The molecule has 0 spiro atoms. The van der Waals surface area contributed by atoms with Crippen LogP contribution < -0.4 is 4.74 Å². The fourth-order valence-electron chi connectivity index (χ4n) is 2.91. The van der Waals surface area contributed by atoms with Crippen molar-refractivity contribution in [1.82, 2.24) is 14.6 Å². The third kappa shape index (κ3) is 2.37. The van der Waals surface area contributed by atoms with E-state index in [1.54, 1.807) is 30.5 Å². The molecule has 0 unspecified atom stereocenters. The molecule has 1 aromatic carbocycles. The van der Waals surface area contributed by atoms with Crippen LogP contribution in [0.2, 0.25) is 5.02 Å². The lowest BCUT2D eigenvalue weighted by Crippen LogP contribution is -2.42. The molecule has 1 aliphatic carbocycles. The van der Waals surface area contributed by atoms with E-state index in [1.807, 2.05) is 4.40 Å². The molecule has 1 aliphatic rings. The Morgan fingerprint density at radius 3 is 2.54 bits per heavy atom. The van der Waals surface area contributed by atoms with Gasteiger partial charge in [0, 0.05) is 18.3 Å². The molecule has 0 atom stereocenters. The largest absolute Gasteiger partial charge is 0.479 e. The molecule has 2 heterocycles. The average molecular weight is 345 g/mol. The number of non-ortho nitro benzene ring substituents is 1. The highest BCUT2D eigenvalue weighted by molar-refractivity contribution is 6.30. The summed E-state index contributed by atoms with van der Waals surface area (Å²) in [7, 11) is 0. The predicted molar refractivity (Wildman–Crippen MR) is 87.3 cm³/mol. The standard InChI is InChI=1S/C16H13ClN4O3/c17-11-2-7-14-18-19-15(20(14)10-11)16(8-1-9-16)24-13-5-3-12(4-6-13)21(22)23/h2-7,10H,1,8-9H2. The van der Waals surface area contributed by atoms with Crippen LogP contribution in [0.4, 0.5) is 5.69 Å². The minimum atomic E-state index is -0.583. The summed E-state index contributed by atoms with van der Waals surface area (Å²) in [5, 5.41) is 19.8. The van der Waals surface area contributed by atoms with Gasteiger partial charge in [0.1, 0.15) is 5.75 Å². The minimum absolute atomic E-state index is 0.0321. The Bertz CT molecular complexity index is 919. The Balaban J connectivity index is 1.70. The van der Waals surface area contributed by atoms with Gasteiger partial charge in [-0.05, 0) is 43.5 Å². The van der Waals surface area contributed by atoms with Gasteiger partial charge < -0.3 is 4.74 Å². The first-order valence-electron chi connectivity index (χ1n) is 7.52. The first kappa shape index (κ1) is 14.9. The Kier molecular flexibility index (Phi) is 3.38. The molecule has 8 heteroatoms. The predicted octanol–water partition coefficient (Wildman–Crippen LogP) is 3.75. The third-order valence-corrected chi connectivity index (χ3v) is 4.52. The van der Waals surface area contributed by atoms with Crippen molar-refractivity contribution in [2.75, 3.05) is 0 Å². The van der Waals surface area contributed by atoms with Crippen LogP contribution in [0.25, 0.3) is 5.65 Å². The zero-order chi connectivity index (χ0) is 16.7. The summed E-state index contributed by atoms with van der Waals surface area (Å²) in [5.74, 6) is 1.27. The summed E-state index contributed by atoms with van der Waals surface area (Å²) >= 11 is 6.09. The van der Waals surface area contributed by atoms with Crippen molar-refractivity contribution in [2.24, 2.45) is 0 Å². The van der Waals surface area contributed by atoms with Crippen LogP contribution in [0.1, 0.15) is 25.1 Å². The Labute approximate surface area is 142 Å². The molecule has 3 aromatic rings. The summed E-state index contributed by atoms with van der Waals surface area (Å²) in [4.78, 5) is 10.3. The molecular formula is C16H13ClN4O3. The van der Waals surface area contributed by atoms with E-state index in [-0.39, 0.29) is 5.69 Å². The van der Waals surface area contributed by atoms with Gasteiger partial charge in [0.2, 0.25) is 0 Å². The Morgan fingerprint density at radius 1 is 1.17 bits per heavy atom. The Hall–Kier alpha value is -2.67. The number of ether oxygens (including phenoxy) is 1. The zero-order valence-electron chi connectivity index (χ0n) is 12.6. The normalized spacial score (nSPS) is 15.9. The lowest BCUT2D eigenvalue weighted by atomic mass is 9.79. The molecule has 24 heavy (non-hydrogen) atoms. The number of hydrogen-bond donors (Lipinski definition) is 0. The van der Waals surface area contributed by atoms with E-state index < -0.39 is 10.5 Å². The van der Waals surface area contributed by atoms with Gasteiger partial charge in [0.05, 0.1) is 9.95 Å². The van der Waals surface area contributed by atoms with Crippen LogP contribution in [-0.4, -0.2) is 19.5 Å².